The van der Waals surface area contributed by atoms with Crippen molar-refractivity contribution in [2.75, 3.05) is 0 Å². The molecule has 0 unspecified atom stereocenters. The summed E-state index contributed by atoms with van der Waals surface area (Å²) in [7, 11) is 0. The van der Waals surface area contributed by atoms with Crippen molar-refractivity contribution >= 4 is 31.9 Å². The fraction of sp³-hybridized carbons (Fsp3) is 0. The van der Waals surface area contributed by atoms with Crippen molar-refractivity contribution in [3.05, 3.63) is 82.5 Å². The Kier molecular flexibility index (Phi) is 5.59. The second kappa shape index (κ2) is 8.45. The van der Waals surface area contributed by atoms with Gasteiger partial charge in [-0.2, -0.15) is 0 Å². The van der Waals surface area contributed by atoms with Gasteiger partial charge >= 0.3 is 0 Å². The molecule has 0 bridgehead atoms. The standard InChI is InChI=1S/C20H12Br2N4O2/c21-13-5-17(11-23-9-13)27-15-1-3-25-19(7-15)20-8-16(2-4-26-20)28-18-6-14(22)10-24-12-18/h1-12H. The van der Waals surface area contributed by atoms with Crippen LogP contribution in [0.1, 0.15) is 0 Å². The third kappa shape index (κ3) is 4.71. The number of rotatable bonds is 5. The van der Waals surface area contributed by atoms with Crippen LogP contribution in [0.25, 0.3) is 11.4 Å². The first kappa shape index (κ1) is 18.5. The van der Waals surface area contributed by atoms with E-state index >= 15 is 0 Å². The maximum atomic E-state index is 5.86. The van der Waals surface area contributed by atoms with Crippen LogP contribution in [0.2, 0.25) is 0 Å². The Balaban J connectivity index is 1.57. The molecule has 0 radical (unpaired) electrons. The highest BCUT2D eigenvalue weighted by molar-refractivity contribution is 9.10. The van der Waals surface area contributed by atoms with Crippen LogP contribution < -0.4 is 9.47 Å². The molecule has 0 fully saturated rings. The molecule has 28 heavy (non-hydrogen) atoms. The van der Waals surface area contributed by atoms with Gasteiger partial charge in [0.1, 0.15) is 23.0 Å². The Hall–Kier alpha value is -2.84. The van der Waals surface area contributed by atoms with Crippen LogP contribution in [0.5, 0.6) is 23.0 Å². The summed E-state index contributed by atoms with van der Waals surface area (Å²) in [5.41, 5.74) is 1.33. The number of nitrogens with zero attached hydrogens (tertiary/aromatic N) is 4. The quantitative estimate of drug-likeness (QED) is 0.333. The van der Waals surface area contributed by atoms with Crippen LogP contribution in [0.3, 0.4) is 0 Å². The fourth-order valence-corrected chi connectivity index (χ4v) is 3.09. The van der Waals surface area contributed by atoms with E-state index in [4.69, 9.17) is 9.47 Å². The Labute approximate surface area is 177 Å². The zero-order chi connectivity index (χ0) is 19.3. The number of hydrogen-bond donors (Lipinski definition) is 0. The zero-order valence-electron chi connectivity index (χ0n) is 14.3. The summed E-state index contributed by atoms with van der Waals surface area (Å²) in [4.78, 5) is 17.0. The minimum absolute atomic E-state index is 0.624. The summed E-state index contributed by atoms with van der Waals surface area (Å²) in [5.74, 6) is 2.51. The van der Waals surface area contributed by atoms with Gasteiger partial charge < -0.3 is 9.47 Å². The van der Waals surface area contributed by atoms with Crippen LogP contribution in [0.15, 0.2) is 82.5 Å². The predicted molar refractivity (Wildman–Crippen MR) is 111 cm³/mol. The molecule has 0 aromatic carbocycles. The SMILES string of the molecule is Brc1cncc(Oc2ccnc(-c3cc(Oc4cncc(Br)c4)ccn3)c2)c1. The molecule has 4 aromatic heterocycles. The molecule has 138 valence electrons. The van der Waals surface area contributed by atoms with Gasteiger partial charge in [-0.05, 0) is 56.1 Å². The summed E-state index contributed by atoms with van der Waals surface area (Å²) < 4.78 is 13.4. The molecule has 4 heterocycles. The van der Waals surface area contributed by atoms with Crippen molar-refractivity contribution in [1.29, 1.82) is 0 Å². The van der Waals surface area contributed by atoms with Crippen LogP contribution in [0, 0.1) is 0 Å². The first-order valence-electron chi connectivity index (χ1n) is 8.15. The molecule has 8 heteroatoms. The van der Waals surface area contributed by atoms with E-state index in [0.717, 1.165) is 8.95 Å². The van der Waals surface area contributed by atoms with E-state index in [1.54, 1.807) is 49.3 Å². The first-order valence-corrected chi connectivity index (χ1v) is 9.73. The maximum absolute atomic E-state index is 5.86. The van der Waals surface area contributed by atoms with Crippen molar-refractivity contribution in [3.63, 3.8) is 0 Å². The molecular weight excluding hydrogens is 488 g/mol. The second-order valence-corrected chi connectivity index (χ2v) is 7.47. The second-order valence-electron chi connectivity index (χ2n) is 5.64. The molecule has 0 amide bonds. The van der Waals surface area contributed by atoms with E-state index in [0.29, 0.717) is 34.4 Å². The summed E-state index contributed by atoms with van der Waals surface area (Å²) in [6.45, 7) is 0. The minimum atomic E-state index is 0.624. The van der Waals surface area contributed by atoms with Crippen LogP contribution >= 0.6 is 31.9 Å². The van der Waals surface area contributed by atoms with Gasteiger partial charge in [0, 0.05) is 45.9 Å². The highest BCUT2D eigenvalue weighted by atomic mass is 79.9. The minimum Gasteiger partial charge on any atom is -0.456 e. The van der Waals surface area contributed by atoms with Crippen molar-refractivity contribution in [1.82, 2.24) is 19.9 Å². The largest absolute Gasteiger partial charge is 0.456 e. The number of hydrogen-bond acceptors (Lipinski definition) is 6. The smallest absolute Gasteiger partial charge is 0.146 e. The molecule has 0 aliphatic heterocycles. The molecule has 0 saturated heterocycles. The van der Waals surface area contributed by atoms with Crippen molar-refractivity contribution in [3.8, 4) is 34.4 Å². The Morgan fingerprint density at radius 1 is 0.571 bits per heavy atom. The Morgan fingerprint density at radius 2 is 1.04 bits per heavy atom. The molecule has 6 nitrogen and oxygen atoms in total. The van der Waals surface area contributed by atoms with Gasteiger partial charge in [-0.25, -0.2) is 0 Å². The van der Waals surface area contributed by atoms with Gasteiger partial charge in [-0.15, -0.1) is 0 Å². The van der Waals surface area contributed by atoms with Crippen molar-refractivity contribution in [2.24, 2.45) is 0 Å². The van der Waals surface area contributed by atoms with Crippen molar-refractivity contribution in [2.45, 2.75) is 0 Å². The normalized spacial score (nSPS) is 10.5. The van der Waals surface area contributed by atoms with Gasteiger partial charge in [0.15, 0.2) is 0 Å². The lowest BCUT2D eigenvalue weighted by atomic mass is 10.2. The molecule has 0 spiro atoms. The highest BCUT2D eigenvalue weighted by Gasteiger charge is 2.07. The highest BCUT2D eigenvalue weighted by Crippen LogP contribution is 2.29. The molecule has 0 saturated carbocycles. The van der Waals surface area contributed by atoms with Gasteiger partial charge in [0.2, 0.25) is 0 Å². The predicted octanol–water partition coefficient (Wildman–Crippen LogP) is 6.04. The first-order chi connectivity index (χ1) is 13.7. The number of aromatic nitrogens is 4. The number of pyridine rings is 4. The summed E-state index contributed by atoms with van der Waals surface area (Å²) in [5, 5.41) is 0. The van der Waals surface area contributed by atoms with Gasteiger partial charge in [-0.1, -0.05) is 0 Å². The lowest BCUT2D eigenvalue weighted by Crippen LogP contribution is -1.92. The van der Waals surface area contributed by atoms with Crippen molar-refractivity contribution < 1.29 is 9.47 Å². The molecule has 0 aliphatic carbocycles. The van der Waals surface area contributed by atoms with E-state index in [1.165, 1.54) is 0 Å². The Bertz CT molecular complexity index is 1040. The van der Waals surface area contributed by atoms with Crippen LogP contribution in [0.4, 0.5) is 0 Å². The molecule has 0 atom stereocenters. The summed E-state index contributed by atoms with van der Waals surface area (Å²) in [6, 6.07) is 10.9. The average molecular weight is 500 g/mol. The average Bonchev–Trinajstić information content (AvgIpc) is 2.68. The van der Waals surface area contributed by atoms with Crippen LogP contribution in [-0.4, -0.2) is 19.9 Å². The van der Waals surface area contributed by atoms with E-state index in [1.807, 2.05) is 24.3 Å². The monoisotopic (exact) mass is 498 g/mol. The fourth-order valence-electron chi connectivity index (χ4n) is 2.40. The molecule has 4 aromatic rings. The maximum Gasteiger partial charge on any atom is 0.146 e. The van der Waals surface area contributed by atoms with E-state index in [9.17, 15) is 0 Å². The lowest BCUT2D eigenvalue weighted by Gasteiger charge is -2.09. The van der Waals surface area contributed by atoms with Gasteiger partial charge in [0.25, 0.3) is 0 Å². The molecular formula is C20H12Br2N4O2. The number of halogens is 2. The molecule has 0 N–H and O–H groups in total. The van der Waals surface area contributed by atoms with Gasteiger partial charge in [-0.3, -0.25) is 19.9 Å². The zero-order valence-corrected chi connectivity index (χ0v) is 17.5. The van der Waals surface area contributed by atoms with E-state index in [-0.39, 0.29) is 0 Å². The van der Waals surface area contributed by atoms with E-state index < -0.39 is 0 Å². The third-order valence-corrected chi connectivity index (χ3v) is 4.42. The molecule has 4 rings (SSSR count). The Morgan fingerprint density at radius 3 is 1.46 bits per heavy atom. The summed E-state index contributed by atoms with van der Waals surface area (Å²) in [6.07, 6.45) is 10.0. The van der Waals surface area contributed by atoms with Crippen LogP contribution in [-0.2, 0) is 0 Å². The van der Waals surface area contributed by atoms with Gasteiger partial charge in [0.05, 0.1) is 23.8 Å². The molecule has 0 aliphatic rings. The lowest BCUT2D eigenvalue weighted by molar-refractivity contribution is 0.478. The summed E-state index contributed by atoms with van der Waals surface area (Å²) >= 11 is 6.76. The van der Waals surface area contributed by atoms with E-state index in [2.05, 4.69) is 51.8 Å². The third-order valence-electron chi connectivity index (χ3n) is 3.56. The topological polar surface area (TPSA) is 70.0 Å². The number of ether oxygens (including phenoxy) is 2.